The minimum absolute atomic E-state index is 0.219. The number of allylic oxidation sites excluding steroid dienone is 1. The fourth-order valence-electron chi connectivity index (χ4n) is 11.6. The first kappa shape index (κ1) is 62.1. The molecule has 4 heterocycles. The van der Waals surface area contributed by atoms with Crippen LogP contribution in [-0.4, -0.2) is 24.5 Å². The molecule has 0 fully saturated rings. The van der Waals surface area contributed by atoms with Crippen LogP contribution in [0.15, 0.2) is 39.6 Å². The molecule has 4 unspecified atom stereocenters. The molecule has 0 spiro atoms. The summed E-state index contributed by atoms with van der Waals surface area (Å²) in [5.74, 6) is 4.54. The van der Waals surface area contributed by atoms with Crippen molar-refractivity contribution in [3.63, 3.8) is 0 Å². The van der Waals surface area contributed by atoms with Crippen LogP contribution in [0.1, 0.15) is 246 Å². The summed E-state index contributed by atoms with van der Waals surface area (Å²) in [6.45, 7) is 35.3. The predicted octanol–water partition coefficient (Wildman–Crippen LogP) is 21.9. The van der Waals surface area contributed by atoms with Crippen molar-refractivity contribution in [3.8, 4) is 11.5 Å². The predicted molar refractivity (Wildman–Crippen MR) is 335 cm³/mol. The summed E-state index contributed by atoms with van der Waals surface area (Å²) in [6.07, 6.45) is 23.4. The number of carbonyl (C=O) groups excluding carboxylic acids is 1. The van der Waals surface area contributed by atoms with Crippen molar-refractivity contribution < 1.29 is 14.3 Å². The summed E-state index contributed by atoms with van der Waals surface area (Å²) in [4.78, 5) is 18.5. The molecule has 5 aromatic rings. The Morgan fingerprint density at radius 1 is 0.635 bits per heavy atom. The fourth-order valence-corrected chi connectivity index (χ4v) is 15.4. The maximum absolute atomic E-state index is 15.1. The lowest BCUT2D eigenvalue weighted by Gasteiger charge is -2.25. The van der Waals surface area contributed by atoms with E-state index in [0.717, 1.165) is 89.7 Å². The van der Waals surface area contributed by atoms with Gasteiger partial charge in [0.15, 0.2) is 5.78 Å². The largest absolute Gasteiger partial charge is 0.491 e. The van der Waals surface area contributed by atoms with Crippen LogP contribution in [0.25, 0.3) is 41.5 Å². The molecule has 1 aliphatic rings. The van der Waals surface area contributed by atoms with E-state index in [1.807, 2.05) is 47.9 Å². The summed E-state index contributed by atoms with van der Waals surface area (Å²) >= 11 is 11.0. The molecule has 4 nitrogen and oxygen atoms in total. The zero-order chi connectivity index (χ0) is 54.1. The van der Waals surface area contributed by atoms with Gasteiger partial charge < -0.3 is 14.8 Å². The molecular weight excluding hydrogens is 983 g/mol. The highest BCUT2D eigenvalue weighted by Gasteiger charge is 2.41. The Morgan fingerprint density at radius 2 is 1.18 bits per heavy atom. The summed E-state index contributed by atoms with van der Waals surface area (Å²) in [7, 11) is 0. The van der Waals surface area contributed by atoms with Crippen LogP contribution in [-0.2, 0) is 24.1 Å². The smallest absolute Gasteiger partial charge is 0.165 e. The van der Waals surface area contributed by atoms with Crippen molar-refractivity contribution in [1.29, 1.82) is 0 Å². The Labute approximate surface area is 469 Å². The third-order valence-corrected chi connectivity index (χ3v) is 20.2. The van der Waals surface area contributed by atoms with Gasteiger partial charge >= 0.3 is 0 Å². The number of rotatable bonds is 32. The zero-order valence-electron chi connectivity index (χ0n) is 49.3. The summed E-state index contributed by atoms with van der Waals surface area (Å²) in [5, 5.41) is 10.2. The average molecular weight is 1080 g/mol. The summed E-state index contributed by atoms with van der Waals surface area (Å²) in [6, 6.07) is 7.22. The van der Waals surface area contributed by atoms with Crippen molar-refractivity contribution in [2.24, 2.45) is 23.7 Å². The molecule has 0 saturated carbocycles. The number of thiophene rings is 3. The number of Topliss-reactive ketones (excluding diaryl/α,β-unsaturated/α-hetero) is 1. The highest BCUT2D eigenvalue weighted by Crippen LogP contribution is 2.52. The number of fused-ring (bicyclic) bond motifs is 3. The van der Waals surface area contributed by atoms with E-state index in [1.54, 1.807) is 0 Å². The molecule has 1 N–H and O–H groups in total. The third kappa shape index (κ3) is 14.5. The average Bonchev–Trinajstić information content (AvgIpc) is 4.23. The normalized spacial score (nSPS) is 15.9. The SMILES string of the molecule is CC.CCCCC(CC)COc1c(CC)c(S)c(CC(CC)CCCC)c2cc(C3=C(C(=O)CCC)/C(=C(\C)c4cc5c(OCC(CC)CCCC)c6sccc6c(CC(CC)CCCC)c5s4)C(C)(C)N3)sc12. The Morgan fingerprint density at radius 3 is 1.70 bits per heavy atom. The molecule has 0 amide bonds. The molecular formula is C66H101NO3S4. The van der Waals surface area contributed by atoms with E-state index >= 15 is 4.79 Å². The van der Waals surface area contributed by atoms with Gasteiger partial charge in [0.25, 0.3) is 0 Å². The quantitative estimate of drug-likeness (QED) is 0.0421. The molecule has 1 aliphatic heterocycles. The van der Waals surface area contributed by atoms with E-state index in [9.17, 15) is 0 Å². The monoisotopic (exact) mass is 1080 g/mol. The molecule has 4 atom stereocenters. The first-order chi connectivity index (χ1) is 35.8. The van der Waals surface area contributed by atoms with E-state index in [4.69, 9.17) is 22.1 Å². The van der Waals surface area contributed by atoms with Crippen LogP contribution >= 0.6 is 46.6 Å². The minimum atomic E-state index is -0.499. The number of hydrogen-bond acceptors (Lipinski definition) is 8. The Balaban J connectivity index is 0.00000501. The van der Waals surface area contributed by atoms with Crippen LogP contribution in [0.5, 0.6) is 11.5 Å². The van der Waals surface area contributed by atoms with Crippen LogP contribution in [0.4, 0.5) is 0 Å². The molecule has 3 aromatic heterocycles. The summed E-state index contributed by atoms with van der Waals surface area (Å²) in [5.41, 5.74) is 7.71. The number of ether oxygens (including phenoxy) is 2. The van der Waals surface area contributed by atoms with Gasteiger partial charge in [-0.2, -0.15) is 0 Å². The number of hydrogen-bond donors (Lipinski definition) is 2. The molecule has 412 valence electrons. The number of nitrogens with one attached hydrogen (secondary N) is 1. The van der Waals surface area contributed by atoms with Gasteiger partial charge in [0.2, 0.25) is 0 Å². The second kappa shape index (κ2) is 30.4. The second-order valence-corrected chi connectivity index (χ2v) is 25.5. The van der Waals surface area contributed by atoms with Crippen LogP contribution in [0, 0.1) is 23.7 Å². The molecule has 74 heavy (non-hydrogen) atoms. The lowest BCUT2D eigenvalue weighted by molar-refractivity contribution is -0.115. The van der Waals surface area contributed by atoms with Crippen molar-refractivity contribution in [2.45, 2.75) is 249 Å². The number of unbranched alkanes of at least 4 members (excludes halogenated alkanes) is 4. The zero-order valence-corrected chi connectivity index (χ0v) is 52.6. The van der Waals surface area contributed by atoms with E-state index < -0.39 is 5.54 Å². The minimum Gasteiger partial charge on any atom is -0.491 e. The topological polar surface area (TPSA) is 47.6 Å². The lowest BCUT2D eigenvalue weighted by atomic mass is 9.84. The van der Waals surface area contributed by atoms with Gasteiger partial charge in [0.05, 0.1) is 38.7 Å². The molecule has 6 rings (SSSR count). The van der Waals surface area contributed by atoms with Gasteiger partial charge in [-0.3, -0.25) is 4.79 Å². The number of ketones is 1. The summed E-state index contributed by atoms with van der Waals surface area (Å²) < 4.78 is 18.1. The van der Waals surface area contributed by atoms with E-state index in [2.05, 4.69) is 119 Å². The molecule has 0 radical (unpaired) electrons. The van der Waals surface area contributed by atoms with Gasteiger partial charge in [0, 0.05) is 48.2 Å². The molecule has 8 heteroatoms. The maximum Gasteiger partial charge on any atom is 0.165 e. The molecule has 0 saturated heterocycles. The van der Waals surface area contributed by atoms with Crippen molar-refractivity contribution in [3.05, 3.63) is 61.2 Å². The maximum atomic E-state index is 15.1. The second-order valence-electron chi connectivity index (χ2n) is 22.0. The van der Waals surface area contributed by atoms with Crippen LogP contribution in [0.3, 0.4) is 0 Å². The first-order valence-electron chi connectivity index (χ1n) is 30.1. The Kier molecular flexibility index (Phi) is 25.5. The Bertz CT molecular complexity index is 2620. The van der Waals surface area contributed by atoms with Gasteiger partial charge in [-0.25, -0.2) is 0 Å². The number of carbonyl (C=O) groups is 1. The van der Waals surface area contributed by atoms with E-state index in [0.29, 0.717) is 36.7 Å². The van der Waals surface area contributed by atoms with Crippen molar-refractivity contribution >= 4 is 94.0 Å². The Hall–Kier alpha value is -2.78. The fraction of sp³-hybridized carbons (Fsp3) is 0.652. The van der Waals surface area contributed by atoms with Crippen LogP contribution < -0.4 is 14.8 Å². The third-order valence-electron chi connectivity index (χ3n) is 16.3. The van der Waals surface area contributed by atoms with Crippen LogP contribution in [0.2, 0.25) is 0 Å². The lowest BCUT2D eigenvalue weighted by Crippen LogP contribution is -2.35. The standard InChI is InChI=1S/C64H95NO3S4.C2H6/c1-14-24-29-42(19-6)35-48-50-37-54(72-63(50)58(46(23-10)60(48)69)67-39-44(21-8)31-26-16-3)57-55(52(66)28-18-5)56(64(12,13)65-57)41(11)53-38-51-59(68-40-45(22-9)32-27-17-4)62-47(33-34-70-62)49(61(51)71-53)36-43(20-7)30-25-15-2;1-2/h33-34,37-38,42-45,65,69H,14-32,35-36,39-40H2,1-13H3;1-2H3/b56-41-;. The van der Waals surface area contributed by atoms with E-state index in [-0.39, 0.29) is 5.78 Å². The van der Waals surface area contributed by atoms with E-state index in [1.165, 1.54) is 141 Å². The molecule has 0 bridgehead atoms. The highest BCUT2D eigenvalue weighted by molar-refractivity contribution is 7.80. The van der Waals surface area contributed by atoms with Gasteiger partial charge in [-0.1, -0.05) is 173 Å². The highest BCUT2D eigenvalue weighted by atomic mass is 32.1. The first-order valence-corrected chi connectivity index (χ1v) is 33.0. The number of thiol groups is 1. The van der Waals surface area contributed by atoms with Gasteiger partial charge in [0.1, 0.15) is 11.5 Å². The number of benzene rings is 2. The van der Waals surface area contributed by atoms with Gasteiger partial charge in [-0.15, -0.1) is 46.6 Å². The van der Waals surface area contributed by atoms with Crippen molar-refractivity contribution in [1.82, 2.24) is 5.32 Å². The van der Waals surface area contributed by atoms with Gasteiger partial charge in [-0.05, 0) is 129 Å². The van der Waals surface area contributed by atoms with Crippen molar-refractivity contribution in [2.75, 3.05) is 13.2 Å². The molecule has 2 aromatic carbocycles. The molecule has 0 aliphatic carbocycles.